The molecular weight excluding hydrogens is 304 g/mol. The Morgan fingerprint density at radius 3 is 2.52 bits per heavy atom. The molecule has 118 valence electrons. The van der Waals surface area contributed by atoms with E-state index in [1.807, 2.05) is 0 Å². The van der Waals surface area contributed by atoms with Crippen LogP contribution in [0.25, 0.3) is 0 Å². The summed E-state index contributed by atoms with van der Waals surface area (Å²) < 4.78 is 51.6. The summed E-state index contributed by atoms with van der Waals surface area (Å²) in [5.74, 6) is -3.72. The van der Waals surface area contributed by atoms with Crippen LogP contribution in [0.15, 0.2) is 29.2 Å². The van der Waals surface area contributed by atoms with Gasteiger partial charge in [-0.05, 0) is 18.2 Å². The highest BCUT2D eigenvalue weighted by molar-refractivity contribution is 7.89. The van der Waals surface area contributed by atoms with Gasteiger partial charge in [0, 0.05) is 19.7 Å². The molecule has 0 saturated carbocycles. The van der Waals surface area contributed by atoms with Crippen molar-refractivity contribution in [3.05, 3.63) is 29.8 Å². The average molecular weight is 321 g/mol. The molecule has 0 heterocycles. The second-order valence-corrected chi connectivity index (χ2v) is 6.38. The largest absolute Gasteiger partial charge is 0.345 e. The lowest BCUT2D eigenvalue weighted by molar-refractivity contribution is 0.0170. The zero-order chi connectivity index (χ0) is 16.3. The molecule has 21 heavy (non-hydrogen) atoms. The Balaban J connectivity index is 2.99. The lowest BCUT2D eigenvalue weighted by atomic mass is 10.2. The van der Waals surface area contributed by atoms with Crippen molar-refractivity contribution in [2.75, 3.05) is 27.2 Å². The standard InChI is InChI=1S/C12H17F2N3O3S/c1-17(2)11(18)9-4-3-5-10(6-9)21(19,20)16-8-12(13,14)7-15/h3-6,16H,7-8,15H2,1-2H3. The van der Waals surface area contributed by atoms with E-state index < -0.39 is 29.0 Å². The summed E-state index contributed by atoms with van der Waals surface area (Å²) in [6.45, 7) is -2.06. The quantitative estimate of drug-likeness (QED) is 0.786. The number of alkyl halides is 2. The third-order valence-electron chi connectivity index (χ3n) is 2.62. The Hall–Kier alpha value is -1.58. The minimum absolute atomic E-state index is 0.147. The molecular formula is C12H17F2N3O3S. The molecule has 0 saturated heterocycles. The fourth-order valence-corrected chi connectivity index (χ4v) is 2.52. The van der Waals surface area contributed by atoms with Crippen LogP contribution in [-0.4, -0.2) is 52.3 Å². The summed E-state index contributed by atoms with van der Waals surface area (Å²) in [5.41, 5.74) is 4.98. The van der Waals surface area contributed by atoms with Crippen LogP contribution in [0.1, 0.15) is 10.4 Å². The van der Waals surface area contributed by atoms with E-state index in [-0.39, 0.29) is 16.4 Å². The van der Waals surface area contributed by atoms with Crippen molar-refractivity contribution in [3.8, 4) is 0 Å². The first-order valence-corrected chi connectivity index (χ1v) is 7.47. The molecule has 1 aromatic rings. The molecule has 0 aliphatic rings. The predicted octanol–water partition coefficient (Wildman–Crippen LogP) is 0.261. The van der Waals surface area contributed by atoms with E-state index in [1.165, 1.54) is 37.2 Å². The van der Waals surface area contributed by atoms with Crippen LogP contribution in [0.5, 0.6) is 0 Å². The van der Waals surface area contributed by atoms with Crippen LogP contribution < -0.4 is 10.5 Å². The molecule has 0 spiro atoms. The zero-order valence-electron chi connectivity index (χ0n) is 11.6. The second-order valence-electron chi connectivity index (χ2n) is 4.61. The lowest BCUT2D eigenvalue weighted by Crippen LogP contribution is -2.41. The van der Waals surface area contributed by atoms with Crippen molar-refractivity contribution in [3.63, 3.8) is 0 Å². The number of carbonyl (C=O) groups is 1. The van der Waals surface area contributed by atoms with Crippen molar-refractivity contribution in [2.24, 2.45) is 5.73 Å². The van der Waals surface area contributed by atoms with Gasteiger partial charge in [0.2, 0.25) is 10.0 Å². The van der Waals surface area contributed by atoms with E-state index >= 15 is 0 Å². The molecule has 0 radical (unpaired) electrons. The van der Waals surface area contributed by atoms with Crippen LogP contribution in [0.4, 0.5) is 8.78 Å². The highest BCUT2D eigenvalue weighted by Gasteiger charge is 2.29. The van der Waals surface area contributed by atoms with Gasteiger partial charge in [0.25, 0.3) is 11.8 Å². The molecule has 1 aromatic carbocycles. The maximum absolute atomic E-state index is 13.0. The molecule has 3 N–H and O–H groups in total. The number of amides is 1. The Bertz CT molecular complexity index is 618. The van der Waals surface area contributed by atoms with Crippen LogP contribution in [0.3, 0.4) is 0 Å². The third-order valence-corrected chi connectivity index (χ3v) is 4.02. The van der Waals surface area contributed by atoms with Gasteiger partial charge in [0.05, 0.1) is 18.0 Å². The molecule has 1 rings (SSSR count). The summed E-state index contributed by atoms with van der Waals surface area (Å²) in [5, 5.41) is 0. The summed E-state index contributed by atoms with van der Waals surface area (Å²) in [6.07, 6.45) is 0. The van der Waals surface area contributed by atoms with Gasteiger partial charge in [0.15, 0.2) is 0 Å². The zero-order valence-corrected chi connectivity index (χ0v) is 12.5. The van der Waals surface area contributed by atoms with Crippen molar-refractivity contribution >= 4 is 15.9 Å². The average Bonchev–Trinajstić information content (AvgIpc) is 2.44. The normalized spacial score (nSPS) is 12.2. The maximum Gasteiger partial charge on any atom is 0.273 e. The highest BCUT2D eigenvalue weighted by atomic mass is 32.2. The molecule has 0 fully saturated rings. The maximum atomic E-state index is 13.0. The van der Waals surface area contributed by atoms with E-state index in [0.717, 1.165) is 6.07 Å². The van der Waals surface area contributed by atoms with Gasteiger partial charge < -0.3 is 10.6 Å². The number of nitrogens with two attached hydrogens (primary N) is 1. The molecule has 0 bridgehead atoms. The number of sulfonamides is 1. The minimum Gasteiger partial charge on any atom is -0.345 e. The van der Waals surface area contributed by atoms with Crippen molar-refractivity contribution in [1.82, 2.24) is 9.62 Å². The van der Waals surface area contributed by atoms with Gasteiger partial charge in [0.1, 0.15) is 0 Å². The summed E-state index contributed by atoms with van der Waals surface area (Å²) in [6, 6.07) is 5.16. The monoisotopic (exact) mass is 321 g/mol. The van der Waals surface area contributed by atoms with Crippen LogP contribution in [0, 0.1) is 0 Å². The van der Waals surface area contributed by atoms with Crippen molar-refractivity contribution in [2.45, 2.75) is 10.8 Å². The van der Waals surface area contributed by atoms with Gasteiger partial charge in [-0.25, -0.2) is 21.9 Å². The Morgan fingerprint density at radius 2 is 2.00 bits per heavy atom. The Labute approximate surface area is 122 Å². The van der Waals surface area contributed by atoms with Crippen LogP contribution in [0.2, 0.25) is 0 Å². The molecule has 6 nitrogen and oxygen atoms in total. The first kappa shape index (κ1) is 17.5. The van der Waals surface area contributed by atoms with E-state index in [9.17, 15) is 22.0 Å². The second kappa shape index (κ2) is 6.46. The molecule has 1 amide bonds. The number of nitrogens with zero attached hydrogens (tertiary/aromatic N) is 1. The van der Waals surface area contributed by atoms with E-state index in [4.69, 9.17) is 5.73 Å². The fourth-order valence-electron chi connectivity index (χ4n) is 1.41. The minimum atomic E-state index is -4.14. The molecule has 0 aliphatic heterocycles. The number of hydrogen-bond acceptors (Lipinski definition) is 4. The fraction of sp³-hybridized carbons (Fsp3) is 0.417. The van der Waals surface area contributed by atoms with Gasteiger partial charge in [-0.1, -0.05) is 6.07 Å². The van der Waals surface area contributed by atoms with Gasteiger partial charge in [-0.15, -0.1) is 0 Å². The lowest BCUT2D eigenvalue weighted by Gasteiger charge is -2.15. The summed E-state index contributed by atoms with van der Waals surface area (Å²) >= 11 is 0. The van der Waals surface area contributed by atoms with Crippen molar-refractivity contribution in [1.29, 1.82) is 0 Å². The van der Waals surface area contributed by atoms with E-state index in [0.29, 0.717) is 0 Å². The number of halogens is 2. The predicted molar refractivity (Wildman–Crippen MR) is 73.6 cm³/mol. The number of benzene rings is 1. The molecule has 0 aliphatic carbocycles. The molecule has 0 aromatic heterocycles. The molecule has 0 atom stereocenters. The molecule has 0 unspecified atom stereocenters. The first-order chi connectivity index (χ1) is 9.59. The number of nitrogens with one attached hydrogen (secondary N) is 1. The van der Waals surface area contributed by atoms with Gasteiger partial charge in [-0.2, -0.15) is 0 Å². The topological polar surface area (TPSA) is 92.5 Å². The van der Waals surface area contributed by atoms with Crippen molar-refractivity contribution < 1.29 is 22.0 Å². The van der Waals surface area contributed by atoms with Crippen LogP contribution in [-0.2, 0) is 10.0 Å². The van der Waals surface area contributed by atoms with Crippen LogP contribution >= 0.6 is 0 Å². The number of carbonyl (C=O) groups excluding carboxylic acids is 1. The molecule has 9 heteroatoms. The van der Waals surface area contributed by atoms with Gasteiger partial charge >= 0.3 is 0 Å². The first-order valence-electron chi connectivity index (χ1n) is 5.98. The van der Waals surface area contributed by atoms with E-state index in [1.54, 1.807) is 4.72 Å². The van der Waals surface area contributed by atoms with Gasteiger partial charge in [-0.3, -0.25) is 4.79 Å². The Kier molecular flexibility index (Phi) is 5.37. The Morgan fingerprint density at radius 1 is 1.38 bits per heavy atom. The number of hydrogen-bond donors (Lipinski definition) is 2. The third kappa shape index (κ3) is 4.73. The summed E-state index contributed by atoms with van der Waals surface area (Å²) in [7, 11) is -1.11. The number of rotatable bonds is 6. The SMILES string of the molecule is CN(C)C(=O)c1cccc(S(=O)(=O)NCC(F)(F)CN)c1. The smallest absolute Gasteiger partial charge is 0.273 e. The summed E-state index contributed by atoms with van der Waals surface area (Å²) in [4.78, 5) is 12.8. The highest BCUT2D eigenvalue weighted by Crippen LogP contribution is 2.15. The van der Waals surface area contributed by atoms with E-state index in [2.05, 4.69) is 0 Å².